The van der Waals surface area contributed by atoms with E-state index in [0.29, 0.717) is 6.42 Å². The van der Waals surface area contributed by atoms with Gasteiger partial charge in [-0.15, -0.1) is 0 Å². The number of aromatic nitrogens is 2. The van der Waals surface area contributed by atoms with Crippen LogP contribution < -0.4 is 9.80 Å². The van der Waals surface area contributed by atoms with Crippen LogP contribution in [-0.2, 0) is 6.42 Å². The maximum absolute atomic E-state index is 4.86. The van der Waals surface area contributed by atoms with E-state index in [1.165, 1.54) is 11.3 Å². The van der Waals surface area contributed by atoms with Crippen molar-refractivity contribution in [3.63, 3.8) is 0 Å². The molecule has 0 radical (unpaired) electrons. The Balaban J connectivity index is 1.38. The maximum atomic E-state index is 4.86. The highest BCUT2D eigenvalue weighted by Gasteiger charge is 2.15. The predicted octanol–water partition coefficient (Wildman–Crippen LogP) is 3.43. The lowest BCUT2D eigenvalue weighted by molar-refractivity contribution is 0.969. The molecule has 6 heteroatoms. The van der Waals surface area contributed by atoms with Crippen molar-refractivity contribution in [1.29, 1.82) is 0 Å². The van der Waals surface area contributed by atoms with Crippen LogP contribution in [0.1, 0.15) is 11.4 Å². The summed E-state index contributed by atoms with van der Waals surface area (Å²) in [5.74, 6) is 0.822. The summed E-state index contributed by atoms with van der Waals surface area (Å²) in [6, 6.07) is 18.9. The van der Waals surface area contributed by atoms with Crippen molar-refractivity contribution in [2.75, 3.05) is 36.0 Å². The van der Waals surface area contributed by atoms with Gasteiger partial charge in [-0.2, -0.15) is 0 Å². The lowest BCUT2D eigenvalue weighted by atomic mass is 10.1. The molecule has 0 aliphatic carbocycles. The number of rotatable bonds is 5. The summed E-state index contributed by atoms with van der Waals surface area (Å²) in [4.78, 5) is 22.3. The van der Waals surface area contributed by atoms with E-state index in [1.54, 1.807) is 0 Å². The van der Waals surface area contributed by atoms with E-state index in [9.17, 15) is 0 Å². The van der Waals surface area contributed by atoms with Gasteiger partial charge in [0.05, 0.1) is 37.1 Å². The first-order chi connectivity index (χ1) is 14.4. The zero-order chi connectivity index (χ0) is 19.5. The van der Waals surface area contributed by atoms with Crippen molar-refractivity contribution in [3.8, 4) is 11.3 Å². The number of hydrogen-bond donors (Lipinski definition) is 0. The molecular formula is C23H22N6. The van der Waals surface area contributed by atoms with E-state index in [-0.39, 0.29) is 0 Å². The third-order valence-corrected chi connectivity index (χ3v) is 5.21. The molecule has 2 aliphatic rings. The number of benzene rings is 2. The van der Waals surface area contributed by atoms with Gasteiger partial charge < -0.3 is 9.80 Å². The minimum atomic E-state index is 0.704. The highest BCUT2D eigenvalue weighted by molar-refractivity contribution is 5.89. The second kappa shape index (κ2) is 7.83. The number of aliphatic imine (C=N–C) groups is 2. The molecule has 3 aromatic rings. The summed E-state index contributed by atoms with van der Waals surface area (Å²) < 4.78 is 0. The minimum absolute atomic E-state index is 0.704. The largest absolute Gasteiger partial charge is 0.331 e. The molecule has 0 unspecified atom stereocenters. The molecule has 144 valence electrons. The molecule has 1 aromatic heterocycles. The van der Waals surface area contributed by atoms with E-state index >= 15 is 0 Å². The molecule has 29 heavy (non-hydrogen) atoms. The average molecular weight is 382 g/mol. The smallest absolute Gasteiger partial charge is 0.133 e. The SMILES string of the molecule is C1=NCCN1c1ccc(Cc2nccc(-c3ccccc3N3C=NCC3)n2)cc1. The van der Waals surface area contributed by atoms with Gasteiger partial charge in [0.2, 0.25) is 0 Å². The van der Waals surface area contributed by atoms with Crippen LogP contribution in [0.3, 0.4) is 0 Å². The summed E-state index contributed by atoms with van der Waals surface area (Å²) >= 11 is 0. The van der Waals surface area contributed by atoms with Crippen molar-refractivity contribution in [1.82, 2.24) is 9.97 Å². The molecule has 5 rings (SSSR count). The van der Waals surface area contributed by atoms with E-state index < -0.39 is 0 Å². The fourth-order valence-electron chi connectivity index (χ4n) is 3.70. The van der Waals surface area contributed by atoms with Crippen molar-refractivity contribution in [2.24, 2.45) is 9.98 Å². The van der Waals surface area contributed by atoms with Crippen LogP contribution in [0.2, 0.25) is 0 Å². The molecule has 6 nitrogen and oxygen atoms in total. The first-order valence-electron chi connectivity index (χ1n) is 9.90. The fourth-order valence-corrected chi connectivity index (χ4v) is 3.70. The zero-order valence-electron chi connectivity index (χ0n) is 16.1. The molecule has 0 bridgehead atoms. The van der Waals surface area contributed by atoms with Gasteiger partial charge in [-0.25, -0.2) is 9.97 Å². The van der Waals surface area contributed by atoms with E-state index in [4.69, 9.17) is 4.98 Å². The summed E-state index contributed by atoms with van der Waals surface area (Å²) in [6.45, 7) is 3.56. The van der Waals surface area contributed by atoms with Crippen molar-refractivity contribution >= 4 is 24.1 Å². The lowest BCUT2D eigenvalue weighted by Crippen LogP contribution is -2.19. The topological polar surface area (TPSA) is 57.0 Å². The quantitative estimate of drug-likeness (QED) is 0.678. The fraction of sp³-hybridized carbons (Fsp3) is 0.217. The molecular weight excluding hydrogens is 360 g/mol. The summed E-state index contributed by atoms with van der Waals surface area (Å²) in [5.41, 5.74) is 5.55. The van der Waals surface area contributed by atoms with Gasteiger partial charge in [-0.05, 0) is 29.8 Å². The molecule has 3 heterocycles. The van der Waals surface area contributed by atoms with Gasteiger partial charge in [-0.3, -0.25) is 9.98 Å². The number of hydrogen-bond acceptors (Lipinski definition) is 6. The average Bonchev–Trinajstić information content (AvgIpc) is 3.49. The Morgan fingerprint density at radius 1 is 0.793 bits per heavy atom. The molecule has 0 spiro atoms. The molecule has 0 amide bonds. The summed E-state index contributed by atoms with van der Waals surface area (Å²) in [6.07, 6.45) is 6.37. The van der Waals surface area contributed by atoms with Gasteiger partial charge >= 0.3 is 0 Å². The Hall–Kier alpha value is -3.54. The highest BCUT2D eigenvalue weighted by atomic mass is 15.2. The van der Waals surface area contributed by atoms with Crippen LogP contribution in [0.4, 0.5) is 11.4 Å². The van der Waals surface area contributed by atoms with E-state index in [1.807, 2.05) is 31.0 Å². The van der Waals surface area contributed by atoms with Crippen molar-refractivity contribution in [3.05, 3.63) is 72.2 Å². The molecule has 2 aliphatic heterocycles. The summed E-state index contributed by atoms with van der Waals surface area (Å²) in [5, 5.41) is 0. The minimum Gasteiger partial charge on any atom is -0.331 e. The lowest BCUT2D eigenvalue weighted by Gasteiger charge is -2.18. The van der Waals surface area contributed by atoms with Gasteiger partial charge in [-0.1, -0.05) is 30.3 Å². The Morgan fingerprint density at radius 2 is 1.55 bits per heavy atom. The standard InChI is InChI=1S/C23H22N6/c1-2-4-22(29-14-12-25-17-29)20(3-1)21-9-10-26-23(27-21)15-18-5-7-19(8-6-18)28-13-11-24-16-28/h1-10,16-17H,11-15H2. The molecule has 0 atom stereocenters. The molecule has 0 saturated heterocycles. The van der Waals surface area contributed by atoms with Crippen molar-refractivity contribution < 1.29 is 0 Å². The van der Waals surface area contributed by atoms with Gasteiger partial charge in [0.15, 0.2) is 0 Å². The van der Waals surface area contributed by atoms with E-state index in [0.717, 1.165) is 48.9 Å². The van der Waals surface area contributed by atoms with Crippen LogP contribution in [-0.4, -0.2) is 48.8 Å². The Morgan fingerprint density at radius 3 is 2.31 bits per heavy atom. The predicted molar refractivity (Wildman–Crippen MR) is 118 cm³/mol. The third kappa shape index (κ3) is 3.74. The Bertz CT molecular complexity index is 1060. The first-order valence-corrected chi connectivity index (χ1v) is 9.90. The normalized spacial score (nSPS) is 15.4. The molecule has 0 N–H and O–H groups in total. The Labute approximate surface area is 170 Å². The monoisotopic (exact) mass is 382 g/mol. The number of anilines is 2. The molecule has 0 fully saturated rings. The third-order valence-electron chi connectivity index (χ3n) is 5.21. The van der Waals surface area contributed by atoms with Crippen LogP contribution in [0.15, 0.2) is 70.8 Å². The van der Waals surface area contributed by atoms with Gasteiger partial charge in [0, 0.05) is 37.0 Å². The Kier molecular flexibility index (Phi) is 4.74. The van der Waals surface area contributed by atoms with Crippen molar-refractivity contribution in [2.45, 2.75) is 6.42 Å². The zero-order valence-corrected chi connectivity index (χ0v) is 16.1. The van der Waals surface area contributed by atoms with E-state index in [2.05, 4.69) is 67.2 Å². The number of nitrogens with zero attached hydrogens (tertiary/aromatic N) is 6. The summed E-state index contributed by atoms with van der Waals surface area (Å²) in [7, 11) is 0. The maximum Gasteiger partial charge on any atom is 0.133 e. The highest BCUT2D eigenvalue weighted by Crippen LogP contribution is 2.29. The number of para-hydroxylation sites is 1. The van der Waals surface area contributed by atoms with Crippen LogP contribution in [0, 0.1) is 0 Å². The van der Waals surface area contributed by atoms with Gasteiger partial charge in [0.1, 0.15) is 5.82 Å². The van der Waals surface area contributed by atoms with Crippen LogP contribution in [0.5, 0.6) is 0 Å². The van der Waals surface area contributed by atoms with Gasteiger partial charge in [0.25, 0.3) is 0 Å². The molecule has 2 aromatic carbocycles. The second-order valence-electron chi connectivity index (χ2n) is 7.15. The first kappa shape index (κ1) is 17.6. The van der Waals surface area contributed by atoms with Crippen LogP contribution >= 0.6 is 0 Å². The molecule has 0 saturated carbocycles. The van der Waals surface area contributed by atoms with Crippen LogP contribution in [0.25, 0.3) is 11.3 Å². The second-order valence-corrected chi connectivity index (χ2v) is 7.15.